The van der Waals surface area contributed by atoms with Crippen LogP contribution in [-0.4, -0.2) is 40.3 Å². The first-order chi connectivity index (χ1) is 9.72. The van der Waals surface area contributed by atoms with E-state index in [1.165, 1.54) is 13.0 Å². The van der Waals surface area contributed by atoms with Crippen molar-refractivity contribution >= 4 is 11.9 Å². The molecule has 0 heterocycles. The van der Waals surface area contributed by atoms with Gasteiger partial charge in [0.05, 0.1) is 6.10 Å². The summed E-state index contributed by atoms with van der Waals surface area (Å²) in [5.41, 5.74) is 5.58. The number of nitrogens with one attached hydrogen (secondary N) is 1. The Hall–Kier alpha value is -2.06. The van der Waals surface area contributed by atoms with Gasteiger partial charge in [-0.05, 0) is 24.6 Å². The van der Waals surface area contributed by atoms with Crippen molar-refractivity contribution in [2.45, 2.75) is 31.5 Å². The van der Waals surface area contributed by atoms with Gasteiger partial charge in [0.1, 0.15) is 12.1 Å². The van der Waals surface area contributed by atoms with Crippen molar-refractivity contribution in [3.63, 3.8) is 0 Å². The summed E-state index contributed by atoms with van der Waals surface area (Å²) < 4.78 is 25.9. The molecule has 3 atom stereocenters. The van der Waals surface area contributed by atoms with Gasteiger partial charge in [0, 0.05) is 6.42 Å². The van der Waals surface area contributed by atoms with Gasteiger partial charge in [0.2, 0.25) is 5.91 Å². The number of rotatable bonds is 6. The first-order valence-corrected chi connectivity index (χ1v) is 6.13. The molecule has 1 aromatic carbocycles. The van der Waals surface area contributed by atoms with E-state index < -0.39 is 41.7 Å². The van der Waals surface area contributed by atoms with Crippen molar-refractivity contribution in [3.05, 3.63) is 35.4 Å². The van der Waals surface area contributed by atoms with E-state index in [1.54, 1.807) is 0 Å². The van der Waals surface area contributed by atoms with E-state index in [-0.39, 0.29) is 12.0 Å². The van der Waals surface area contributed by atoms with E-state index in [2.05, 4.69) is 5.32 Å². The molecule has 0 aliphatic carbocycles. The summed E-state index contributed by atoms with van der Waals surface area (Å²) in [5, 5.41) is 20.4. The number of aliphatic hydroxyl groups excluding tert-OH is 1. The van der Waals surface area contributed by atoms with E-state index in [0.717, 1.165) is 12.1 Å². The second-order valence-corrected chi connectivity index (χ2v) is 4.62. The summed E-state index contributed by atoms with van der Waals surface area (Å²) in [6, 6.07) is 0.289. The molecule has 0 saturated heterocycles. The molecule has 0 bridgehead atoms. The van der Waals surface area contributed by atoms with Gasteiger partial charge in [-0.1, -0.05) is 6.07 Å². The fourth-order valence-electron chi connectivity index (χ4n) is 1.59. The van der Waals surface area contributed by atoms with Gasteiger partial charge in [-0.2, -0.15) is 0 Å². The standard InChI is InChI=1S/C13H16F2N2O4/c1-6(18)11(16)12(19)17-10(13(20)21)5-7-2-3-8(14)9(15)4-7/h2-4,6,10-11,18H,5,16H2,1H3,(H,17,19)(H,20,21)/t6-,10?,11+/m0/s1. The molecule has 0 aliphatic heterocycles. The number of hydrogen-bond donors (Lipinski definition) is 4. The van der Waals surface area contributed by atoms with E-state index in [9.17, 15) is 23.5 Å². The highest BCUT2D eigenvalue weighted by molar-refractivity contribution is 5.87. The number of aliphatic hydroxyl groups is 1. The normalized spacial score (nSPS) is 15.1. The molecule has 6 nitrogen and oxygen atoms in total. The summed E-state index contributed by atoms with van der Waals surface area (Å²) >= 11 is 0. The molecule has 21 heavy (non-hydrogen) atoms. The molecular weight excluding hydrogens is 286 g/mol. The van der Waals surface area contributed by atoms with Crippen molar-refractivity contribution in [2.75, 3.05) is 0 Å². The van der Waals surface area contributed by atoms with Crippen LogP contribution >= 0.6 is 0 Å². The second-order valence-electron chi connectivity index (χ2n) is 4.62. The number of carbonyl (C=O) groups is 2. The Morgan fingerprint density at radius 2 is 1.95 bits per heavy atom. The van der Waals surface area contributed by atoms with E-state index >= 15 is 0 Å². The zero-order valence-electron chi connectivity index (χ0n) is 11.2. The van der Waals surface area contributed by atoms with Crippen LogP contribution in [0.3, 0.4) is 0 Å². The van der Waals surface area contributed by atoms with Gasteiger partial charge >= 0.3 is 5.97 Å². The molecule has 1 amide bonds. The van der Waals surface area contributed by atoms with Crippen molar-refractivity contribution in [2.24, 2.45) is 5.73 Å². The Labute approximate surface area is 119 Å². The van der Waals surface area contributed by atoms with Crippen molar-refractivity contribution in [1.82, 2.24) is 5.32 Å². The molecule has 0 saturated carbocycles. The highest BCUT2D eigenvalue weighted by atomic mass is 19.2. The summed E-state index contributed by atoms with van der Waals surface area (Å²) in [6.07, 6.45) is -1.40. The topological polar surface area (TPSA) is 113 Å². The van der Waals surface area contributed by atoms with E-state index in [0.29, 0.717) is 0 Å². The third-order valence-corrected chi connectivity index (χ3v) is 2.86. The lowest BCUT2D eigenvalue weighted by molar-refractivity contribution is -0.142. The quantitative estimate of drug-likeness (QED) is 0.580. The van der Waals surface area contributed by atoms with Gasteiger partial charge in [-0.3, -0.25) is 4.79 Å². The first-order valence-electron chi connectivity index (χ1n) is 6.13. The van der Waals surface area contributed by atoms with Crippen molar-refractivity contribution in [3.8, 4) is 0 Å². The van der Waals surface area contributed by atoms with Crippen LogP contribution in [0.2, 0.25) is 0 Å². The van der Waals surface area contributed by atoms with Crippen LogP contribution in [0.25, 0.3) is 0 Å². The Morgan fingerprint density at radius 1 is 1.33 bits per heavy atom. The fraction of sp³-hybridized carbons (Fsp3) is 0.385. The Bertz CT molecular complexity index is 537. The maximum Gasteiger partial charge on any atom is 0.326 e. The highest BCUT2D eigenvalue weighted by Crippen LogP contribution is 2.11. The highest BCUT2D eigenvalue weighted by Gasteiger charge is 2.26. The van der Waals surface area contributed by atoms with Gasteiger partial charge < -0.3 is 21.3 Å². The summed E-state index contributed by atoms with van der Waals surface area (Å²) in [6.45, 7) is 1.29. The molecule has 1 rings (SSSR count). The summed E-state index contributed by atoms with van der Waals surface area (Å²) in [4.78, 5) is 22.7. The van der Waals surface area contributed by atoms with Crippen LogP contribution in [0.1, 0.15) is 12.5 Å². The van der Waals surface area contributed by atoms with Gasteiger partial charge in [-0.15, -0.1) is 0 Å². The van der Waals surface area contributed by atoms with Gasteiger partial charge in [0.25, 0.3) is 0 Å². The third kappa shape index (κ3) is 4.76. The number of carboxylic acids is 1. The number of benzene rings is 1. The Kier molecular flexibility index (Phi) is 5.74. The molecule has 0 radical (unpaired) electrons. The van der Waals surface area contributed by atoms with Crippen LogP contribution < -0.4 is 11.1 Å². The minimum absolute atomic E-state index is 0.201. The lowest BCUT2D eigenvalue weighted by Gasteiger charge is -2.19. The van der Waals surface area contributed by atoms with Crippen LogP contribution in [0, 0.1) is 11.6 Å². The molecule has 8 heteroatoms. The van der Waals surface area contributed by atoms with Crippen LogP contribution in [0.5, 0.6) is 0 Å². The maximum absolute atomic E-state index is 13.1. The zero-order valence-corrected chi connectivity index (χ0v) is 11.2. The summed E-state index contributed by atoms with van der Waals surface area (Å²) in [5.74, 6) is -4.36. The van der Waals surface area contributed by atoms with E-state index in [4.69, 9.17) is 10.8 Å². The van der Waals surface area contributed by atoms with Crippen molar-refractivity contribution in [1.29, 1.82) is 0 Å². The van der Waals surface area contributed by atoms with E-state index in [1.807, 2.05) is 0 Å². The largest absolute Gasteiger partial charge is 0.480 e. The average Bonchev–Trinajstić information content (AvgIpc) is 2.40. The zero-order chi connectivity index (χ0) is 16.2. The van der Waals surface area contributed by atoms with Crippen LogP contribution in [-0.2, 0) is 16.0 Å². The predicted molar refractivity (Wildman–Crippen MR) is 69.3 cm³/mol. The molecule has 0 aromatic heterocycles. The predicted octanol–water partition coefficient (Wildman–Crippen LogP) is -0.215. The molecule has 0 aliphatic rings. The SMILES string of the molecule is C[C@H](O)[C@@H](N)C(=O)NC(Cc1ccc(F)c(F)c1)C(=O)O. The number of amides is 1. The number of halogens is 2. The fourth-order valence-corrected chi connectivity index (χ4v) is 1.59. The Balaban J connectivity index is 2.81. The van der Waals surface area contributed by atoms with Crippen molar-refractivity contribution < 1.29 is 28.6 Å². The minimum Gasteiger partial charge on any atom is -0.480 e. The second kappa shape index (κ2) is 7.09. The van der Waals surface area contributed by atoms with Gasteiger partial charge in [-0.25, -0.2) is 13.6 Å². The number of hydrogen-bond acceptors (Lipinski definition) is 4. The molecular formula is C13H16F2N2O4. The lowest BCUT2D eigenvalue weighted by Crippen LogP contribution is -2.52. The number of nitrogens with two attached hydrogens (primary N) is 1. The summed E-state index contributed by atoms with van der Waals surface area (Å²) in [7, 11) is 0. The number of aliphatic carboxylic acids is 1. The average molecular weight is 302 g/mol. The molecule has 0 fully saturated rings. The molecule has 1 aromatic rings. The number of carbonyl (C=O) groups excluding carboxylic acids is 1. The lowest BCUT2D eigenvalue weighted by atomic mass is 10.0. The molecule has 1 unspecified atom stereocenters. The molecule has 116 valence electrons. The van der Waals surface area contributed by atoms with Crippen LogP contribution in [0.4, 0.5) is 8.78 Å². The third-order valence-electron chi connectivity index (χ3n) is 2.86. The Morgan fingerprint density at radius 3 is 2.43 bits per heavy atom. The first kappa shape index (κ1) is 17.0. The maximum atomic E-state index is 13.1. The minimum atomic E-state index is -1.37. The molecule has 5 N–H and O–H groups in total. The van der Waals surface area contributed by atoms with Crippen LogP contribution in [0.15, 0.2) is 18.2 Å². The smallest absolute Gasteiger partial charge is 0.326 e. The number of carboxylic acid groups (broad SMARTS) is 1. The monoisotopic (exact) mass is 302 g/mol. The molecule has 0 spiro atoms. The van der Waals surface area contributed by atoms with Gasteiger partial charge in [0.15, 0.2) is 11.6 Å².